The summed E-state index contributed by atoms with van der Waals surface area (Å²) in [7, 11) is -3.71. The Morgan fingerprint density at radius 3 is 2.71 bits per heavy atom. The molecule has 1 amide bonds. The van der Waals surface area contributed by atoms with Gasteiger partial charge in [-0.05, 0) is 44.9 Å². The van der Waals surface area contributed by atoms with Gasteiger partial charge in [-0.15, -0.1) is 0 Å². The van der Waals surface area contributed by atoms with Gasteiger partial charge in [-0.25, -0.2) is 13.4 Å². The van der Waals surface area contributed by atoms with E-state index in [2.05, 4.69) is 15.3 Å². The molecule has 1 N–H and O–H groups in total. The number of hydrogen-bond acceptors (Lipinski definition) is 8. The number of anilines is 2. The topological polar surface area (TPSA) is 114 Å². The smallest absolute Gasteiger partial charge is 0.243 e. The maximum atomic E-state index is 13.2. The molecular weight excluding hydrogens is 458 g/mol. The summed E-state index contributed by atoms with van der Waals surface area (Å²) >= 11 is 0. The molecule has 10 nitrogen and oxygen atoms in total. The fourth-order valence-corrected chi connectivity index (χ4v) is 5.58. The Morgan fingerprint density at radius 1 is 1.21 bits per heavy atom. The standard InChI is InChI=1S/C23H31N5O5S/c1-17(2)33-21-6-5-19(34(30,31)28-10-12-32-13-11-28)14-20(21)26-23(29)18-4-3-9-27(16-18)22-15-24-7-8-25-22/h5-8,14-15,17-18H,3-4,9-13,16H2,1-2H3,(H,26,29). The lowest BCUT2D eigenvalue weighted by Gasteiger charge is -2.32. The number of sulfonamides is 1. The summed E-state index contributed by atoms with van der Waals surface area (Å²) in [4.78, 5) is 23.9. The van der Waals surface area contributed by atoms with Gasteiger partial charge in [-0.2, -0.15) is 4.31 Å². The third-order valence-corrected chi connectivity index (χ3v) is 7.74. The summed E-state index contributed by atoms with van der Waals surface area (Å²) in [5.74, 6) is 0.721. The molecule has 1 aromatic heterocycles. The molecule has 3 heterocycles. The van der Waals surface area contributed by atoms with Crippen LogP contribution in [0.5, 0.6) is 5.75 Å². The number of piperidine rings is 1. The van der Waals surface area contributed by atoms with Gasteiger partial charge in [-0.3, -0.25) is 9.78 Å². The lowest BCUT2D eigenvalue weighted by Crippen LogP contribution is -2.41. The molecule has 0 spiro atoms. The molecule has 0 bridgehead atoms. The molecule has 2 aliphatic heterocycles. The monoisotopic (exact) mass is 489 g/mol. The number of benzene rings is 1. The SMILES string of the molecule is CC(C)Oc1ccc(S(=O)(=O)N2CCOCC2)cc1NC(=O)C1CCCN(c2cnccn2)C1. The fourth-order valence-electron chi connectivity index (χ4n) is 4.15. The van der Waals surface area contributed by atoms with Crippen molar-refractivity contribution in [3.8, 4) is 5.75 Å². The molecule has 1 unspecified atom stereocenters. The first-order valence-electron chi connectivity index (χ1n) is 11.5. The normalized spacial score (nSPS) is 19.7. The molecule has 2 aromatic rings. The van der Waals surface area contributed by atoms with Crippen LogP contribution in [0.2, 0.25) is 0 Å². The minimum atomic E-state index is -3.71. The van der Waals surface area contributed by atoms with Crippen molar-refractivity contribution in [2.45, 2.75) is 37.7 Å². The molecule has 2 fully saturated rings. The number of carbonyl (C=O) groups is 1. The summed E-state index contributed by atoms with van der Waals surface area (Å²) in [5, 5.41) is 2.94. The molecule has 11 heteroatoms. The summed E-state index contributed by atoms with van der Waals surface area (Å²) in [6, 6.07) is 4.62. The highest BCUT2D eigenvalue weighted by atomic mass is 32.2. The summed E-state index contributed by atoms with van der Waals surface area (Å²) in [6.07, 6.45) is 6.37. The summed E-state index contributed by atoms with van der Waals surface area (Å²) in [6.45, 7) is 6.40. The third kappa shape index (κ3) is 5.65. The van der Waals surface area contributed by atoms with E-state index in [-0.39, 0.29) is 22.8 Å². The van der Waals surface area contributed by atoms with Crippen LogP contribution >= 0.6 is 0 Å². The molecule has 4 rings (SSSR count). The van der Waals surface area contributed by atoms with Crippen LogP contribution in [-0.4, -0.2) is 74.1 Å². The number of carbonyl (C=O) groups excluding carboxylic acids is 1. The van der Waals surface area contributed by atoms with Crippen LogP contribution in [0.3, 0.4) is 0 Å². The Morgan fingerprint density at radius 2 is 2.00 bits per heavy atom. The Hall–Kier alpha value is -2.76. The molecule has 184 valence electrons. The number of aromatic nitrogens is 2. The van der Waals surface area contributed by atoms with Gasteiger partial charge in [0.2, 0.25) is 15.9 Å². The van der Waals surface area contributed by atoms with Crippen LogP contribution < -0.4 is 15.0 Å². The van der Waals surface area contributed by atoms with Crippen molar-refractivity contribution >= 4 is 27.4 Å². The Balaban J connectivity index is 1.55. The van der Waals surface area contributed by atoms with Gasteiger partial charge in [0.05, 0.1) is 42.0 Å². The van der Waals surface area contributed by atoms with Crippen LogP contribution in [-0.2, 0) is 19.6 Å². The largest absolute Gasteiger partial charge is 0.489 e. The van der Waals surface area contributed by atoms with Crippen LogP contribution in [0.4, 0.5) is 11.5 Å². The van der Waals surface area contributed by atoms with Crippen molar-refractivity contribution in [1.29, 1.82) is 0 Å². The quantitative estimate of drug-likeness (QED) is 0.629. The van der Waals surface area contributed by atoms with E-state index >= 15 is 0 Å². The van der Waals surface area contributed by atoms with Crippen LogP contribution in [0, 0.1) is 5.92 Å². The van der Waals surface area contributed by atoms with Crippen molar-refractivity contribution in [2.75, 3.05) is 49.6 Å². The summed E-state index contributed by atoms with van der Waals surface area (Å²) in [5.41, 5.74) is 0.352. The Kier molecular flexibility index (Phi) is 7.64. The summed E-state index contributed by atoms with van der Waals surface area (Å²) < 4.78 is 38.9. The van der Waals surface area contributed by atoms with Crippen molar-refractivity contribution in [3.05, 3.63) is 36.8 Å². The van der Waals surface area contributed by atoms with E-state index in [4.69, 9.17) is 9.47 Å². The molecule has 1 aromatic carbocycles. The first-order valence-corrected chi connectivity index (χ1v) is 13.0. The fraction of sp³-hybridized carbons (Fsp3) is 0.522. The molecule has 2 aliphatic rings. The number of rotatable bonds is 7. The van der Waals surface area contributed by atoms with E-state index in [0.29, 0.717) is 44.3 Å². The zero-order chi connectivity index (χ0) is 24.1. The molecule has 34 heavy (non-hydrogen) atoms. The second-order valence-corrected chi connectivity index (χ2v) is 10.6. The van der Waals surface area contributed by atoms with E-state index in [1.165, 1.54) is 16.4 Å². The van der Waals surface area contributed by atoms with Crippen molar-refractivity contribution in [2.24, 2.45) is 5.92 Å². The zero-order valence-corrected chi connectivity index (χ0v) is 20.3. The lowest BCUT2D eigenvalue weighted by atomic mass is 9.97. The minimum absolute atomic E-state index is 0.116. The predicted octanol–water partition coefficient (Wildman–Crippen LogP) is 2.14. The highest BCUT2D eigenvalue weighted by molar-refractivity contribution is 7.89. The van der Waals surface area contributed by atoms with Gasteiger partial charge in [0.25, 0.3) is 0 Å². The van der Waals surface area contributed by atoms with E-state index in [9.17, 15) is 13.2 Å². The number of ether oxygens (including phenoxy) is 2. The van der Waals surface area contributed by atoms with Crippen molar-refractivity contribution in [3.63, 3.8) is 0 Å². The first-order chi connectivity index (χ1) is 16.3. The lowest BCUT2D eigenvalue weighted by molar-refractivity contribution is -0.120. The van der Waals surface area contributed by atoms with Crippen LogP contribution in [0.1, 0.15) is 26.7 Å². The highest BCUT2D eigenvalue weighted by Crippen LogP contribution is 2.31. The van der Waals surface area contributed by atoms with Crippen LogP contribution in [0.25, 0.3) is 0 Å². The second-order valence-electron chi connectivity index (χ2n) is 8.68. The number of nitrogens with zero attached hydrogens (tertiary/aromatic N) is 4. The second kappa shape index (κ2) is 10.7. The number of hydrogen-bond donors (Lipinski definition) is 1. The molecule has 0 radical (unpaired) electrons. The third-order valence-electron chi connectivity index (χ3n) is 5.85. The Bertz CT molecular complexity index is 1090. The van der Waals surface area contributed by atoms with Crippen molar-refractivity contribution in [1.82, 2.24) is 14.3 Å². The number of morpholine rings is 1. The van der Waals surface area contributed by atoms with Gasteiger partial charge < -0.3 is 19.7 Å². The number of amides is 1. The number of nitrogens with one attached hydrogen (secondary N) is 1. The average Bonchev–Trinajstić information content (AvgIpc) is 2.86. The van der Waals surface area contributed by atoms with Gasteiger partial charge >= 0.3 is 0 Å². The first kappa shape index (κ1) is 24.4. The van der Waals surface area contributed by atoms with Gasteiger partial charge in [-0.1, -0.05) is 0 Å². The zero-order valence-electron chi connectivity index (χ0n) is 19.5. The predicted molar refractivity (Wildman–Crippen MR) is 127 cm³/mol. The molecule has 2 saturated heterocycles. The maximum Gasteiger partial charge on any atom is 0.243 e. The molecule has 0 saturated carbocycles. The van der Waals surface area contributed by atoms with E-state index in [0.717, 1.165) is 25.2 Å². The van der Waals surface area contributed by atoms with Gasteiger partial charge in [0, 0.05) is 38.6 Å². The average molecular weight is 490 g/mol. The van der Waals surface area contributed by atoms with E-state index in [1.54, 1.807) is 24.7 Å². The molecule has 1 atom stereocenters. The minimum Gasteiger partial charge on any atom is -0.489 e. The maximum absolute atomic E-state index is 13.2. The van der Waals surface area contributed by atoms with E-state index < -0.39 is 10.0 Å². The Labute approximate surface area is 200 Å². The van der Waals surface area contributed by atoms with Gasteiger partial charge in [0.1, 0.15) is 11.6 Å². The molecule has 0 aliphatic carbocycles. The van der Waals surface area contributed by atoms with E-state index in [1.807, 2.05) is 18.7 Å². The van der Waals surface area contributed by atoms with Crippen LogP contribution in [0.15, 0.2) is 41.7 Å². The molecular formula is C23H31N5O5S. The highest BCUT2D eigenvalue weighted by Gasteiger charge is 2.30. The van der Waals surface area contributed by atoms with Gasteiger partial charge in [0.15, 0.2) is 0 Å². The van der Waals surface area contributed by atoms with Crippen molar-refractivity contribution < 1.29 is 22.7 Å².